The SMILES string of the molecule is CN(CC(=O)Nc1cccc(F)c1)C(=O)c1cccc(S(=O)(=O)NC[C@H]2CCCO2)c1. The number of nitrogens with one attached hydrogen (secondary N) is 2. The number of carbonyl (C=O) groups excluding carboxylic acids is 2. The number of sulfonamides is 1. The van der Waals surface area contributed by atoms with Crippen LogP contribution >= 0.6 is 0 Å². The lowest BCUT2D eigenvalue weighted by atomic mass is 10.2. The number of ether oxygens (including phenoxy) is 1. The maximum Gasteiger partial charge on any atom is 0.254 e. The van der Waals surface area contributed by atoms with Crippen molar-refractivity contribution in [1.29, 1.82) is 0 Å². The number of nitrogens with zero attached hydrogens (tertiary/aromatic N) is 1. The standard InChI is InChI=1S/C21H24FN3O5S/c1-25(14-20(26)24-17-7-3-6-16(22)12-17)21(27)15-5-2-9-19(11-15)31(28,29)23-13-18-8-4-10-30-18/h2-3,5-7,9,11-12,18,23H,4,8,10,13-14H2,1H3,(H,24,26)/t18-/m1/s1. The van der Waals surface area contributed by atoms with Crippen LogP contribution in [0.5, 0.6) is 0 Å². The predicted octanol–water partition coefficient (Wildman–Crippen LogP) is 1.99. The van der Waals surface area contributed by atoms with Gasteiger partial charge in [0.2, 0.25) is 15.9 Å². The Balaban J connectivity index is 1.62. The first-order chi connectivity index (χ1) is 14.7. The fraction of sp³-hybridized carbons (Fsp3) is 0.333. The van der Waals surface area contributed by atoms with Crippen LogP contribution in [0.25, 0.3) is 0 Å². The molecule has 0 spiro atoms. The van der Waals surface area contributed by atoms with Gasteiger partial charge in [0.05, 0.1) is 17.5 Å². The number of carbonyl (C=O) groups is 2. The fourth-order valence-corrected chi connectivity index (χ4v) is 4.27. The van der Waals surface area contributed by atoms with Crippen molar-refractivity contribution in [3.63, 3.8) is 0 Å². The molecule has 1 fully saturated rings. The van der Waals surface area contributed by atoms with E-state index in [0.717, 1.165) is 23.8 Å². The van der Waals surface area contributed by atoms with Crippen LogP contribution in [-0.4, -0.2) is 58.0 Å². The van der Waals surface area contributed by atoms with Gasteiger partial charge in [-0.3, -0.25) is 9.59 Å². The molecule has 31 heavy (non-hydrogen) atoms. The lowest BCUT2D eigenvalue weighted by molar-refractivity contribution is -0.116. The summed E-state index contributed by atoms with van der Waals surface area (Å²) in [5, 5.41) is 2.51. The number of rotatable bonds is 8. The number of likely N-dealkylation sites (N-methyl/N-ethyl adjacent to an activating group) is 1. The van der Waals surface area contributed by atoms with Crippen molar-refractivity contribution in [3.8, 4) is 0 Å². The molecule has 2 aromatic carbocycles. The summed E-state index contributed by atoms with van der Waals surface area (Å²) >= 11 is 0. The van der Waals surface area contributed by atoms with E-state index in [9.17, 15) is 22.4 Å². The van der Waals surface area contributed by atoms with E-state index < -0.39 is 27.7 Å². The van der Waals surface area contributed by atoms with E-state index >= 15 is 0 Å². The lowest BCUT2D eigenvalue weighted by Crippen LogP contribution is -2.35. The highest BCUT2D eigenvalue weighted by atomic mass is 32.2. The maximum atomic E-state index is 13.2. The van der Waals surface area contributed by atoms with E-state index in [1.165, 1.54) is 49.5 Å². The molecular formula is C21H24FN3O5S. The molecule has 0 aliphatic carbocycles. The number of halogens is 1. The minimum Gasteiger partial charge on any atom is -0.377 e. The van der Waals surface area contributed by atoms with Gasteiger partial charge in [0.1, 0.15) is 5.82 Å². The van der Waals surface area contributed by atoms with E-state index in [4.69, 9.17) is 4.74 Å². The van der Waals surface area contributed by atoms with Crippen molar-refractivity contribution in [2.24, 2.45) is 0 Å². The first-order valence-corrected chi connectivity index (χ1v) is 11.2. The van der Waals surface area contributed by atoms with E-state index in [0.29, 0.717) is 6.61 Å². The van der Waals surface area contributed by atoms with Gasteiger partial charge in [-0.05, 0) is 49.2 Å². The average molecular weight is 450 g/mol. The summed E-state index contributed by atoms with van der Waals surface area (Å²) in [6.07, 6.45) is 1.54. The molecule has 1 heterocycles. The van der Waals surface area contributed by atoms with Crippen LogP contribution in [0.15, 0.2) is 53.4 Å². The van der Waals surface area contributed by atoms with E-state index in [1.54, 1.807) is 0 Å². The molecule has 0 bridgehead atoms. The van der Waals surface area contributed by atoms with Gasteiger partial charge in [0.25, 0.3) is 5.91 Å². The molecule has 2 amide bonds. The van der Waals surface area contributed by atoms with Gasteiger partial charge >= 0.3 is 0 Å². The van der Waals surface area contributed by atoms with Gasteiger partial charge in [-0.25, -0.2) is 17.5 Å². The average Bonchev–Trinajstić information content (AvgIpc) is 3.25. The summed E-state index contributed by atoms with van der Waals surface area (Å²) in [5.41, 5.74) is 0.400. The summed E-state index contributed by atoms with van der Waals surface area (Å²) in [5.74, 6) is -1.53. The molecule has 2 aromatic rings. The Morgan fingerprint density at radius 1 is 1.19 bits per heavy atom. The summed E-state index contributed by atoms with van der Waals surface area (Å²) in [6, 6.07) is 11.0. The van der Waals surface area contributed by atoms with Crippen LogP contribution in [-0.2, 0) is 19.6 Å². The molecule has 1 saturated heterocycles. The smallest absolute Gasteiger partial charge is 0.254 e. The van der Waals surface area contributed by atoms with Crippen molar-refractivity contribution in [1.82, 2.24) is 9.62 Å². The number of amides is 2. The molecule has 8 nitrogen and oxygen atoms in total. The second kappa shape index (κ2) is 9.99. The lowest BCUT2D eigenvalue weighted by Gasteiger charge is -2.17. The highest BCUT2D eigenvalue weighted by molar-refractivity contribution is 7.89. The van der Waals surface area contributed by atoms with Crippen molar-refractivity contribution in [2.45, 2.75) is 23.8 Å². The highest BCUT2D eigenvalue weighted by Crippen LogP contribution is 2.16. The molecule has 166 valence electrons. The molecule has 0 radical (unpaired) electrons. The minimum atomic E-state index is -3.81. The van der Waals surface area contributed by atoms with Crippen LogP contribution in [0.2, 0.25) is 0 Å². The third-order valence-electron chi connectivity index (χ3n) is 4.75. The van der Waals surface area contributed by atoms with E-state index in [1.807, 2.05) is 0 Å². The minimum absolute atomic E-state index is 0.0473. The first-order valence-electron chi connectivity index (χ1n) is 9.77. The quantitative estimate of drug-likeness (QED) is 0.641. The topological polar surface area (TPSA) is 105 Å². The number of benzene rings is 2. The Bertz CT molecular complexity index is 1050. The Kier molecular flexibility index (Phi) is 7.37. The number of anilines is 1. The van der Waals surface area contributed by atoms with E-state index in [2.05, 4.69) is 10.0 Å². The second-order valence-electron chi connectivity index (χ2n) is 7.23. The Labute approximate surface area is 180 Å². The first kappa shape index (κ1) is 22.9. The zero-order valence-corrected chi connectivity index (χ0v) is 17.8. The van der Waals surface area contributed by atoms with E-state index in [-0.39, 0.29) is 35.3 Å². The molecule has 10 heteroatoms. The van der Waals surface area contributed by atoms with Crippen LogP contribution < -0.4 is 10.0 Å². The highest BCUT2D eigenvalue weighted by Gasteiger charge is 2.22. The van der Waals surface area contributed by atoms with Crippen LogP contribution in [0.4, 0.5) is 10.1 Å². The molecule has 3 rings (SSSR count). The largest absolute Gasteiger partial charge is 0.377 e. The second-order valence-corrected chi connectivity index (χ2v) is 9.00. The molecule has 0 unspecified atom stereocenters. The Morgan fingerprint density at radius 2 is 1.97 bits per heavy atom. The molecule has 2 N–H and O–H groups in total. The van der Waals surface area contributed by atoms with Gasteiger partial charge in [-0.2, -0.15) is 0 Å². The Hall–Kier alpha value is -2.82. The van der Waals surface area contributed by atoms with Crippen LogP contribution in [0.1, 0.15) is 23.2 Å². The third kappa shape index (κ3) is 6.33. The summed E-state index contributed by atoms with van der Waals surface area (Å²) in [7, 11) is -2.39. The van der Waals surface area contributed by atoms with Crippen LogP contribution in [0.3, 0.4) is 0 Å². The van der Waals surface area contributed by atoms with Gasteiger partial charge in [-0.15, -0.1) is 0 Å². The summed E-state index contributed by atoms with van der Waals surface area (Å²) in [4.78, 5) is 26.0. The van der Waals surface area contributed by atoms with Crippen molar-refractivity contribution >= 4 is 27.5 Å². The van der Waals surface area contributed by atoms with Crippen molar-refractivity contribution in [3.05, 3.63) is 59.9 Å². The van der Waals surface area contributed by atoms with Gasteiger partial charge < -0.3 is 15.0 Å². The van der Waals surface area contributed by atoms with Gasteiger partial charge in [0.15, 0.2) is 0 Å². The molecule has 1 atom stereocenters. The molecular weight excluding hydrogens is 425 g/mol. The number of hydrogen-bond acceptors (Lipinski definition) is 5. The predicted molar refractivity (Wildman–Crippen MR) is 113 cm³/mol. The zero-order chi connectivity index (χ0) is 22.4. The molecule has 1 aliphatic heterocycles. The third-order valence-corrected chi connectivity index (χ3v) is 6.17. The van der Waals surface area contributed by atoms with Crippen molar-refractivity contribution < 1.29 is 27.1 Å². The van der Waals surface area contributed by atoms with Gasteiger partial charge in [-0.1, -0.05) is 12.1 Å². The molecule has 1 aliphatic rings. The normalized spacial score (nSPS) is 16.1. The van der Waals surface area contributed by atoms with Gasteiger partial charge in [0, 0.05) is 31.5 Å². The molecule has 0 saturated carbocycles. The van der Waals surface area contributed by atoms with Crippen molar-refractivity contribution in [2.75, 3.05) is 32.1 Å². The summed E-state index contributed by atoms with van der Waals surface area (Å²) in [6.45, 7) is 0.500. The zero-order valence-electron chi connectivity index (χ0n) is 17.0. The maximum absolute atomic E-state index is 13.2. The Morgan fingerprint density at radius 3 is 2.68 bits per heavy atom. The van der Waals surface area contributed by atoms with Crippen LogP contribution in [0, 0.1) is 5.82 Å². The number of hydrogen-bond donors (Lipinski definition) is 2. The molecule has 0 aromatic heterocycles. The fourth-order valence-electron chi connectivity index (χ4n) is 3.16. The summed E-state index contributed by atoms with van der Waals surface area (Å²) < 4.78 is 46.3. The monoisotopic (exact) mass is 449 g/mol.